The van der Waals surface area contributed by atoms with Crippen molar-refractivity contribution in [2.45, 2.75) is 0 Å². The van der Waals surface area contributed by atoms with E-state index in [9.17, 15) is 0 Å². The van der Waals surface area contributed by atoms with Crippen LogP contribution >= 0.6 is 27.7 Å². The predicted octanol–water partition coefficient (Wildman–Crippen LogP) is 3.21. The molecule has 1 aromatic carbocycles. The molecule has 1 heterocycles. The van der Waals surface area contributed by atoms with Crippen molar-refractivity contribution >= 4 is 38.6 Å². The largest absolute Gasteiger partial charge is 0.250 e. The molecule has 55 valence electrons. The lowest BCUT2D eigenvalue weighted by Crippen LogP contribution is -1.73. The Morgan fingerprint density at radius 3 is 2.82 bits per heavy atom. The van der Waals surface area contributed by atoms with E-state index in [1.54, 1.807) is 0 Å². The molecule has 2 rings (SSSR count). The van der Waals surface area contributed by atoms with E-state index in [0.717, 1.165) is 15.4 Å². The van der Waals surface area contributed by atoms with Crippen molar-refractivity contribution in [2.24, 2.45) is 0 Å². The fraction of sp³-hybridized carbons (Fsp3) is 0. The zero-order valence-corrected chi connectivity index (χ0v) is 7.85. The molecule has 0 aliphatic heterocycles. The van der Waals surface area contributed by atoms with Crippen molar-refractivity contribution in [3.63, 3.8) is 0 Å². The van der Waals surface area contributed by atoms with E-state index in [1.165, 1.54) is 4.09 Å². The highest BCUT2D eigenvalue weighted by molar-refractivity contribution is 9.10. The van der Waals surface area contributed by atoms with Gasteiger partial charge in [0.1, 0.15) is 0 Å². The molecule has 0 unspecified atom stereocenters. The minimum atomic E-state index is 0.906. The number of para-hydroxylation sites is 1. The van der Waals surface area contributed by atoms with Crippen molar-refractivity contribution in [2.75, 3.05) is 0 Å². The van der Waals surface area contributed by atoms with E-state index in [2.05, 4.69) is 22.1 Å². The minimum absolute atomic E-state index is 0.906. The Morgan fingerprint density at radius 2 is 2.09 bits per heavy atom. The van der Waals surface area contributed by atoms with Crippen LogP contribution in [0.25, 0.3) is 10.9 Å². The summed E-state index contributed by atoms with van der Waals surface area (Å²) in [6.45, 7) is 0. The van der Waals surface area contributed by atoms with Crippen LogP contribution in [0.15, 0.2) is 28.7 Å². The van der Waals surface area contributed by atoms with Gasteiger partial charge in [0.25, 0.3) is 0 Å². The average molecular weight is 229 g/mol. The Labute approximate surface area is 77.8 Å². The lowest BCUT2D eigenvalue weighted by Gasteiger charge is -1.89. The Morgan fingerprint density at radius 1 is 1.36 bits per heavy atom. The van der Waals surface area contributed by atoms with Crippen LogP contribution in [0.3, 0.4) is 0 Å². The molecule has 0 bridgehead atoms. The number of benzene rings is 1. The van der Waals surface area contributed by atoms with Gasteiger partial charge in [-0.1, -0.05) is 18.2 Å². The first-order valence-electron chi connectivity index (χ1n) is 3.13. The highest BCUT2D eigenvalue weighted by Crippen LogP contribution is 2.25. The van der Waals surface area contributed by atoms with Gasteiger partial charge >= 0.3 is 0 Å². The van der Waals surface area contributed by atoms with Crippen LogP contribution in [0.4, 0.5) is 0 Å². The first-order chi connectivity index (χ1) is 5.29. The van der Waals surface area contributed by atoms with Crippen molar-refractivity contribution in [3.8, 4) is 0 Å². The predicted molar refractivity (Wildman–Crippen MR) is 49.7 cm³/mol. The van der Waals surface area contributed by atoms with Gasteiger partial charge < -0.3 is 0 Å². The summed E-state index contributed by atoms with van der Waals surface area (Å²) in [7, 11) is 0. The molecule has 0 spiro atoms. The van der Waals surface area contributed by atoms with E-state index in [0.29, 0.717) is 0 Å². The minimum Gasteiger partial charge on any atom is -0.250 e. The molecule has 0 saturated carbocycles. The second kappa shape index (κ2) is 2.54. The number of halogens is 2. The summed E-state index contributed by atoms with van der Waals surface area (Å²) < 4.78 is 2.36. The van der Waals surface area contributed by atoms with Gasteiger partial charge in [0.15, 0.2) is 0 Å². The third kappa shape index (κ3) is 1.06. The molecule has 0 aliphatic rings. The van der Waals surface area contributed by atoms with Gasteiger partial charge in [-0.25, -0.2) is 4.09 Å². The second-order valence-corrected chi connectivity index (χ2v) is 3.35. The number of nitrogens with zero attached hydrogens (tertiary/aromatic N) is 1. The fourth-order valence-electron chi connectivity index (χ4n) is 1.04. The summed E-state index contributed by atoms with van der Waals surface area (Å²) in [5.74, 6) is 0. The maximum Gasteiger partial charge on any atom is 0.0992 e. The number of hydrogen-bond acceptors (Lipinski definition) is 0. The molecule has 0 amide bonds. The number of hydrogen-bond donors (Lipinski definition) is 0. The second-order valence-electron chi connectivity index (χ2n) is 2.22. The molecular weight excluding hydrogens is 225 g/mol. The third-order valence-electron chi connectivity index (χ3n) is 1.55. The van der Waals surface area contributed by atoms with Crippen LogP contribution in [-0.4, -0.2) is 4.09 Å². The van der Waals surface area contributed by atoms with E-state index in [4.69, 9.17) is 11.8 Å². The van der Waals surface area contributed by atoms with Crippen LogP contribution in [0, 0.1) is 6.20 Å². The summed E-state index contributed by atoms with van der Waals surface area (Å²) in [4.78, 5) is 0. The number of rotatable bonds is 0. The molecule has 3 heteroatoms. The average Bonchev–Trinajstić information content (AvgIpc) is 2.30. The lowest BCUT2D eigenvalue weighted by atomic mass is 10.3. The molecule has 0 atom stereocenters. The van der Waals surface area contributed by atoms with Crippen molar-refractivity contribution in [3.05, 3.63) is 34.9 Å². The normalized spacial score (nSPS) is 10.7. The maximum absolute atomic E-state index is 5.81. The maximum atomic E-state index is 5.81. The van der Waals surface area contributed by atoms with E-state index in [-0.39, 0.29) is 0 Å². The van der Waals surface area contributed by atoms with Gasteiger partial charge in [0.05, 0.1) is 16.2 Å². The SMILES string of the molecule is Cln1[c]c(Br)c2ccccc21. The van der Waals surface area contributed by atoms with Gasteiger partial charge in [-0.15, -0.1) is 0 Å². The molecular formula is C8H4BrClN. The first-order valence-corrected chi connectivity index (χ1v) is 4.26. The molecule has 1 radical (unpaired) electrons. The zero-order chi connectivity index (χ0) is 7.84. The Kier molecular flexibility index (Phi) is 1.66. The smallest absolute Gasteiger partial charge is 0.0992 e. The Balaban J connectivity index is 2.95. The molecule has 0 N–H and O–H groups in total. The molecule has 2 aromatic rings. The van der Waals surface area contributed by atoms with Gasteiger partial charge in [0, 0.05) is 17.2 Å². The van der Waals surface area contributed by atoms with Crippen molar-refractivity contribution < 1.29 is 0 Å². The van der Waals surface area contributed by atoms with Crippen LogP contribution in [0.1, 0.15) is 0 Å². The monoisotopic (exact) mass is 228 g/mol. The van der Waals surface area contributed by atoms with E-state index in [1.807, 2.05) is 24.3 Å². The van der Waals surface area contributed by atoms with Crippen LogP contribution in [-0.2, 0) is 0 Å². The first kappa shape index (κ1) is 7.19. The van der Waals surface area contributed by atoms with Gasteiger partial charge in [-0.05, 0) is 22.0 Å². The number of aromatic nitrogens is 1. The fourth-order valence-corrected chi connectivity index (χ4v) is 1.88. The summed E-state index contributed by atoms with van der Waals surface area (Å²) >= 11 is 9.17. The van der Waals surface area contributed by atoms with Gasteiger partial charge in [0.2, 0.25) is 0 Å². The van der Waals surface area contributed by atoms with E-state index < -0.39 is 0 Å². The number of fused-ring (bicyclic) bond motifs is 1. The Bertz CT molecular complexity index is 358. The quantitative estimate of drug-likeness (QED) is 0.654. The Hall–Kier alpha value is -0.470. The van der Waals surface area contributed by atoms with Crippen molar-refractivity contribution in [1.29, 1.82) is 0 Å². The van der Waals surface area contributed by atoms with Crippen LogP contribution < -0.4 is 0 Å². The highest BCUT2D eigenvalue weighted by atomic mass is 79.9. The summed E-state index contributed by atoms with van der Waals surface area (Å²) in [6.07, 6.45) is 2.91. The van der Waals surface area contributed by atoms with E-state index >= 15 is 0 Å². The van der Waals surface area contributed by atoms with Gasteiger partial charge in [-0.2, -0.15) is 0 Å². The standard InChI is InChI=1S/C8H4BrClN/c9-7-5-11(10)8-4-2-1-3-6(7)8/h1-4H. The summed E-state index contributed by atoms with van der Waals surface area (Å²) in [6, 6.07) is 7.86. The van der Waals surface area contributed by atoms with Crippen molar-refractivity contribution in [1.82, 2.24) is 4.09 Å². The topological polar surface area (TPSA) is 4.93 Å². The zero-order valence-electron chi connectivity index (χ0n) is 5.51. The third-order valence-corrected chi connectivity index (χ3v) is 2.42. The molecule has 0 fully saturated rings. The molecule has 1 nitrogen and oxygen atoms in total. The summed E-state index contributed by atoms with van der Waals surface area (Å²) in [5, 5.41) is 1.09. The molecule has 0 aliphatic carbocycles. The van der Waals surface area contributed by atoms with Crippen LogP contribution in [0.5, 0.6) is 0 Å². The van der Waals surface area contributed by atoms with Crippen LogP contribution in [0.2, 0.25) is 0 Å². The lowest BCUT2D eigenvalue weighted by molar-refractivity contribution is 1.30. The molecule has 0 saturated heterocycles. The highest BCUT2D eigenvalue weighted by Gasteiger charge is 2.03. The molecule has 1 aromatic heterocycles. The van der Waals surface area contributed by atoms with Gasteiger partial charge in [-0.3, -0.25) is 0 Å². The summed E-state index contributed by atoms with van der Waals surface area (Å²) in [5.41, 5.74) is 0.973. The molecule has 11 heavy (non-hydrogen) atoms.